The number of hydrogen-bond donors (Lipinski definition) is 1. The number of nitrogens with two attached hydrogens (primary N) is 1. The van der Waals surface area contributed by atoms with Gasteiger partial charge in [-0.25, -0.2) is 4.98 Å². The number of pyridine rings is 2. The van der Waals surface area contributed by atoms with Crippen molar-refractivity contribution in [2.24, 2.45) is 0 Å². The summed E-state index contributed by atoms with van der Waals surface area (Å²) in [6.45, 7) is 1.88. The first-order chi connectivity index (χ1) is 11.7. The van der Waals surface area contributed by atoms with E-state index in [1.807, 2.05) is 43.3 Å². The molecule has 0 unspecified atom stereocenters. The number of nitrogens with zero attached hydrogens (tertiary/aromatic N) is 3. The zero-order valence-corrected chi connectivity index (χ0v) is 13.4. The molecule has 2 aromatic heterocycles. The zero-order chi connectivity index (χ0) is 17.1. The summed E-state index contributed by atoms with van der Waals surface area (Å²) in [5.74, 6) is 0.937. The second-order valence-corrected chi connectivity index (χ2v) is 5.26. The highest BCUT2D eigenvalue weighted by atomic mass is 16.5. The Kier molecular flexibility index (Phi) is 4.13. The maximum absolute atomic E-state index is 9.63. The van der Waals surface area contributed by atoms with E-state index in [1.54, 1.807) is 19.5 Å². The van der Waals surface area contributed by atoms with Gasteiger partial charge >= 0.3 is 0 Å². The molecule has 0 fully saturated rings. The molecule has 24 heavy (non-hydrogen) atoms. The molecular weight excluding hydrogens is 300 g/mol. The topological polar surface area (TPSA) is 84.8 Å². The maximum atomic E-state index is 9.63. The van der Waals surface area contributed by atoms with Crippen molar-refractivity contribution < 1.29 is 4.74 Å². The SMILES string of the molecule is COc1ccccc1-c1c(C)nc(N)c(C#N)c1-c1ccncc1. The van der Waals surface area contributed by atoms with E-state index >= 15 is 0 Å². The highest BCUT2D eigenvalue weighted by Gasteiger charge is 2.21. The molecule has 0 bridgehead atoms. The lowest BCUT2D eigenvalue weighted by Crippen LogP contribution is -2.04. The Morgan fingerprint density at radius 2 is 1.79 bits per heavy atom. The van der Waals surface area contributed by atoms with E-state index < -0.39 is 0 Å². The van der Waals surface area contributed by atoms with Crippen molar-refractivity contribution in [2.75, 3.05) is 12.8 Å². The Morgan fingerprint density at radius 1 is 1.08 bits per heavy atom. The molecule has 0 aliphatic carbocycles. The van der Waals surface area contributed by atoms with E-state index in [4.69, 9.17) is 10.5 Å². The summed E-state index contributed by atoms with van der Waals surface area (Å²) in [5.41, 5.74) is 10.4. The number of anilines is 1. The minimum Gasteiger partial charge on any atom is -0.496 e. The number of benzene rings is 1. The van der Waals surface area contributed by atoms with Crippen LogP contribution in [0.1, 0.15) is 11.3 Å². The Labute approximate surface area is 140 Å². The van der Waals surface area contributed by atoms with Crippen LogP contribution in [-0.2, 0) is 0 Å². The van der Waals surface area contributed by atoms with Gasteiger partial charge in [-0.15, -0.1) is 0 Å². The minimum absolute atomic E-state index is 0.223. The molecular formula is C19H16N4O. The van der Waals surface area contributed by atoms with Crippen LogP contribution >= 0.6 is 0 Å². The molecule has 0 amide bonds. The van der Waals surface area contributed by atoms with Gasteiger partial charge in [-0.05, 0) is 30.7 Å². The number of para-hydroxylation sites is 1. The fourth-order valence-corrected chi connectivity index (χ4v) is 2.83. The summed E-state index contributed by atoms with van der Waals surface area (Å²) in [7, 11) is 1.62. The minimum atomic E-state index is 0.223. The van der Waals surface area contributed by atoms with Gasteiger partial charge in [-0.2, -0.15) is 5.26 Å². The largest absolute Gasteiger partial charge is 0.496 e. The zero-order valence-electron chi connectivity index (χ0n) is 13.4. The second-order valence-electron chi connectivity index (χ2n) is 5.26. The fourth-order valence-electron chi connectivity index (χ4n) is 2.83. The van der Waals surface area contributed by atoms with Crippen LogP contribution in [0.15, 0.2) is 48.8 Å². The average molecular weight is 316 g/mol. The molecule has 0 spiro atoms. The van der Waals surface area contributed by atoms with Crippen molar-refractivity contribution in [3.63, 3.8) is 0 Å². The van der Waals surface area contributed by atoms with Gasteiger partial charge in [0.15, 0.2) is 0 Å². The molecule has 0 aliphatic rings. The second kappa shape index (κ2) is 6.39. The van der Waals surface area contributed by atoms with Crippen molar-refractivity contribution in [1.29, 1.82) is 5.26 Å². The monoisotopic (exact) mass is 316 g/mol. The average Bonchev–Trinajstić information content (AvgIpc) is 2.62. The molecule has 0 radical (unpaired) electrons. The van der Waals surface area contributed by atoms with Crippen molar-refractivity contribution in [3.05, 3.63) is 60.0 Å². The number of rotatable bonds is 3. The number of nitriles is 1. The van der Waals surface area contributed by atoms with Crippen LogP contribution in [-0.4, -0.2) is 17.1 Å². The van der Waals surface area contributed by atoms with E-state index in [2.05, 4.69) is 16.0 Å². The molecule has 5 nitrogen and oxygen atoms in total. The lowest BCUT2D eigenvalue weighted by Gasteiger charge is -2.18. The molecule has 0 aliphatic heterocycles. The number of ether oxygens (including phenoxy) is 1. The van der Waals surface area contributed by atoms with Gasteiger partial charge in [0, 0.05) is 34.8 Å². The summed E-state index contributed by atoms with van der Waals surface area (Å²) in [6.07, 6.45) is 3.38. The third-order valence-electron chi connectivity index (χ3n) is 3.86. The lowest BCUT2D eigenvalue weighted by molar-refractivity contribution is 0.416. The molecule has 3 aromatic rings. The van der Waals surface area contributed by atoms with Crippen LogP contribution in [0.3, 0.4) is 0 Å². The van der Waals surface area contributed by atoms with Crippen molar-refractivity contribution in [3.8, 4) is 34.1 Å². The number of nitrogen functional groups attached to an aromatic ring is 1. The molecule has 5 heteroatoms. The highest BCUT2D eigenvalue weighted by molar-refractivity contribution is 5.92. The summed E-state index contributed by atoms with van der Waals surface area (Å²) < 4.78 is 5.50. The molecule has 0 saturated heterocycles. The lowest BCUT2D eigenvalue weighted by atomic mass is 9.90. The number of aromatic nitrogens is 2. The molecule has 0 atom stereocenters. The summed E-state index contributed by atoms with van der Waals surface area (Å²) in [6, 6.07) is 13.6. The van der Waals surface area contributed by atoms with Crippen LogP contribution < -0.4 is 10.5 Å². The van der Waals surface area contributed by atoms with Crippen molar-refractivity contribution in [1.82, 2.24) is 9.97 Å². The molecule has 2 heterocycles. The first-order valence-corrected chi connectivity index (χ1v) is 7.41. The van der Waals surface area contributed by atoms with Gasteiger partial charge in [0.25, 0.3) is 0 Å². The van der Waals surface area contributed by atoms with E-state index in [0.29, 0.717) is 11.3 Å². The third kappa shape index (κ3) is 2.55. The molecule has 118 valence electrons. The summed E-state index contributed by atoms with van der Waals surface area (Å²) in [5, 5.41) is 9.63. The van der Waals surface area contributed by atoms with Crippen LogP contribution in [0.25, 0.3) is 22.3 Å². The van der Waals surface area contributed by atoms with Crippen LogP contribution in [0.5, 0.6) is 5.75 Å². The van der Waals surface area contributed by atoms with Crippen molar-refractivity contribution >= 4 is 5.82 Å². The Hall–Kier alpha value is -3.39. The van der Waals surface area contributed by atoms with Gasteiger partial charge in [0.2, 0.25) is 0 Å². The highest BCUT2D eigenvalue weighted by Crippen LogP contribution is 2.41. The number of methoxy groups -OCH3 is 1. The van der Waals surface area contributed by atoms with Gasteiger partial charge < -0.3 is 10.5 Å². The van der Waals surface area contributed by atoms with Crippen LogP contribution in [0.4, 0.5) is 5.82 Å². The summed E-state index contributed by atoms with van der Waals surface area (Å²) >= 11 is 0. The van der Waals surface area contributed by atoms with E-state index in [1.165, 1.54) is 0 Å². The first-order valence-electron chi connectivity index (χ1n) is 7.41. The van der Waals surface area contributed by atoms with E-state index in [0.717, 1.165) is 27.9 Å². The molecule has 2 N–H and O–H groups in total. The third-order valence-corrected chi connectivity index (χ3v) is 3.86. The molecule has 3 rings (SSSR count). The Balaban J connectivity index is 2.44. The van der Waals surface area contributed by atoms with E-state index in [-0.39, 0.29) is 5.82 Å². The van der Waals surface area contributed by atoms with Gasteiger partial charge in [-0.3, -0.25) is 4.98 Å². The normalized spacial score (nSPS) is 10.2. The predicted octanol–water partition coefficient (Wildman–Crippen LogP) is 3.58. The van der Waals surface area contributed by atoms with Crippen molar-refractivity contribution in [2.45, 2.75) is 6.92 Å². The summed E-state index contributed by atoms with van der Waals surface area (Å²) in [4.78, 5) is 8.42. The van der Waals surface area contributed by atoms with Gasteiger partial charge in [-0.1, -0.05) is 18.2 Å². The quantitative estimate of drug-likeness (QED) is 0.798. The van der Waals surface area contributed by atoms with Crippen LogP contribution in [0, 0.1) is 18.3 Å². The fraction of sp³-hybridized carbons (Fsp3) is 0.105. The first kappa shape index (κ1) is 15.5. The van der Waals surface area contributed by atoms with Gasteiger partial charge in [0.1, 0.15) is 23.2 Å². The Morgan fingerprint density at radius 3 is 2.46 bits per heavy atom. The molecule has 0 saturated carbocycles. The van der Waals surface area contributed by atoms with Crippen LogP contribution in [0.2, 0.25) is 0 Å². The predicted molar refractivity (Wildman–Crippen MR) is 93.3 cm³/mol. The maximum Gasteiger partial charge on any atom is 0.142 e. The smallest absolute Gasteiger partial charge is 0.142 e. The number of aryl methyl sites for hydroxylation is 1. The van der Waals surface area contributed by atoms with E-state index in [9.17, 15) is 5.26 Å². The number of hydrogen-bond acceptors (Lipinski definition) is 5. The Bertz CT molecular complexity index is 930. The van der Waals surface area contributed by atoms with Gasteiger partial charge in [0.05, 0.1) is 7.11 Å². The molecule has 1 aromatic carbocycles. The standard InChI is InChI=1S/C19H16N4O/c1-12-17(14-5-3-4-6-16(14)24-2)18(13-7-9-22-10-8-13)15(11-20)19(21)23-12/h3-10H,1-2H3,(H2,21,23).